The van der Waals surface area contributed by atoms with E-state index in [-0.39, 0.29) is 6.42 Å². The Morgan fingerprint density at radius 1 is 1.33 bits per heavy atom. The van der Waals surface area contributed by atoms with Gasteiger partial charge in [0.1, 0.15) is 0 Å². The quantitative estimate of drug-likeness (QED) is 0.621. The van der Waals surface area contributed by atoms with Gasteiger partial charge in [-0.1, -0.05) is 0 Å². The van der Waals surface area contributed by atoms with E-state index in [9.17, 15) is 22.0 Å². The highest BCUT2D eigenvalue weighted by molar-refractivity contribution is 5.73. The fraction of sp³-hybridized carbons (Fsp3) is 0.857. The minimum atomic E-state index is -5.08. The summed E-state index contributed by atoms with van der Waals surface area (Å²) in [5, 5.41) is 9.86. The van der Waals surface area contributed by atoms with Gasteiger partial charge in [-0.2, -0.15) is 13.2 Å². The molecule has 8 heteroatoms. The van der Waals surface area contributed by atoms with Crippen LogP contribution in [-0.2, 0) is 4.79 Å². The standard InChI is InChI=1S/C5H7F2N.C2HF3O2/c6-5(7)3-4(5)1-2-8-4;3-2(4,5)1(6)7/h8H,1-3H2;(H,6,7). The molecule has 2 fully saturated rings. The molecule has 1 heterocycles. The highest BCUT2D eigenvalue weighted by Crippen LogP contribution is 2.57. The molecule has 1 spiro atoms. The molecule has 0 amide bonds. The van der Waals surface area contributed by atoms with E-state index in [0.29, 0.717) is 6.42 Å². The summed E-state index contributed by atoms with van der Waals surface area (Å²) >= 11 is 0. The smallest absolute Gasteiger partial charge is 0.475 e. The lowest BCUT2D eigenvalue weighted by Gasteiger charge is -2.27. The van der Waals surface area contributed by atoms with Crippen LogP contribution in [0.25, 0.3) is 0 Å². The van der Waals surface area contributed by atoms with E-state index in [1.54, 1.807) is 0 Å². The number of hydrogen-bond donors (Lipinski definition) is 2. The topological polar surface area (TPSA) is 49.3 Å². The van der Waals surface area contributed by atoms with Gasteiger partial charge in [-0.05, 0) is 13.0 Å². The summed E-state index contributed by atoms with van der Waals surface area (Å²) in [6.07, 6.45) is -4.35. The van der Waals surface area contributed by atoms with E-state index in [4.69, 9.17) is 9.90 Å². The molecule has 1 aliphatic heterocycles. The van der Waals surface area contributed by atoms with Gasteiger partial charge in [0.25, 0.3) is 5.92 Å². The third-order valence-electron chi connectivity index (χ3n) is 2.36. The van der Waals surface area contributed by atoms with E-state index in [2.05, 4.69) is 5.32 Å². The number of carbonyl (C=O) groups is 1. The molecule has 1 saturated carbocycles. The molecule has 2 N–H and O–H groups in total. The lowest BCUT2D eigenvalue weighted by atomic mass is 10.1. The SMILES string of the molecule is FC1(F)CC12CCN2.O=C(O)C(F)(F)F. The van der Waals surface area contributed by atoms with Gasteiger partial charge in [-0.3, -0.25) is 0 Å². The molecule has 0 aromatic rings. The van der Waals surface area contributed by atoms with Gasteiger partial charge in [-0.25, -0.2) is 13.6 Å². The minimum Gasteiger partial charge on any atom is -0.475 e. The Balaban J connectivity index is 0.000000153. The number of rotatable bonds is 0. The predicted molar refractivity (Wildman–Crippen MR) is 38.6 cm³/mol. The lowest BCUT2D eigenvalue weighted by molar-refractivity contribution is -0.192. The molecule has 1 unspecified atom stereocenters. The van der Waals surface area contributed by atoms with E-state index in [0.717, 1.165) is 6.54 Å². The van der Waals surface area contributed by atoms with Crippen LogP contribution in [0.4, 0.5) is 22.0 Å². The first-order chi connectivity index (χ1) is 6.61. The van der Waals surface area contributed by atoms with Crippen molar-refractivity contribution in [3.8, 4) is 0 Å². The fourth-order valence-electron chi connectivity index (χ4n) is 1.22. The van der Waals surface area contributed by atoms with E-state index >= 15 is 0 Å². The third-order valence-corrected chi connectivity index (χ3v) is 2.36. The maximum Gasteiger partial charge on any atom is 0.490 e. The van der Waals surface area contributed by atoms with Crippen LogP contribution in [0, 0.1) is 0 Å². The zero-order valence-corrected chi connectivity index (χ0v) is 7.37. The summed E-state index contributed by atoms with van der Waals surface area (Å²) in [5.74, 6) is -5.13. The van der Waals surface area contributed by atoms with Crippen LogP contribution in [0.2, 0.25) is 0 Å². The van der Waals surface area contributed by atoms with Crippen molar-refractivity contribution in [1.82, 2.24) is 5.32 Å². The first kappa shape index (κ1) is 12.2. The molecule has 0 aromatic heterocycles. The number of hydrogen-bond acceptors (Lipinski definition) is 2. The van der Waals surface area contributed by atoms with Gasteiger partial charge in [0.15, 0.2) is 0 Å². The van der Waals surface area contributed by atoms with Gasteiger partial charge in [0.2, 0.25) is 0 Å². The molecule has 15 heavy (non-hydrogen) atoms. The molecule has 0 radical (unpaired) electrons. The van der Waals surface area contributed by atoms with Gasteiger partial charge < -0.3 is 10.4 Å². The van der Waals surface area contributed by atoms with Crippen molar-refractivity contribution in [2.24, 2.45) is 0 Å². The van der Waals surface area contributed by atoms with Crippen molar-refractivity contribution in [2.45, 2.75) is 30.5 Å². The normalized spacial score (nSPS) is 31.3. The molecule has 1 aliphatic carbocycles. The maximum atomic E-state index is 12.2. The minimum absolute atomic E-state index is 0.0694. The van der Waals surface area contributed by atoms with Crippen molar-refractivity contribution in [2.75, 3.05) is 6.54 Å². The Kier molecular flexibility index (Phi) is 2.67. The van der Waals surface area contributed by atoms with Crippen LogP contribution in [0.5, 0.6) is 0 Å². The molecule has 0 bridgehead atoms. The zero-order valence-electron chi connectivity index (χ0n) is 7.37. The summed E-state index contributed by atoms with van der Waals surface area (Å²) in [4.78, 5) is 8.90. The number of aliphatic carboxylic acids is 1. The number of carboxylic acid groups (broad SMARTS) is 1. The van der Waals surface area contributed by atoms with Crippen molar-refractivity contribution < 1.29 is 31.9 Å². The second-order valence-electron chi connectivity index (χ2n) is 3.44. The monoisotopic (exact) mass is 233 g/mol. The van der Waals surface area contributed by atoms with Crippen LogP contribution in [-0.4, -0.2) is 35.3 Å². The van der Waals surface area contributed by atoms with Crippen LogP contribution < -0.4 is 5.32 Å². The fourth-order valence-corrected chi connectivity index (χ4v) is 1.22. The van der Waals surface area contributed by atoms with Crippen LogP contribution >= 0.6 is 0 Å². The first-order valence-corrected chi connectivity index (χ1v) is 4.04. The summed E-state index contributed by atoms with van der Waals surface area (Å²) < 4.78 is 56.1. The van der Waals surface area contributed by atoms with Crippen molar-refractivity contribution in [3.63, 3.8) is 0 Å². The summed E-state index contributed by atoms with van der Waals surface area (Å²) in [5.41, 5.74) is -0.715. The number of carboxylic acids is 1. The summed E-state index contributed by atoms with van der Waals surface area (Å²) in [6, 6.07) is 0. The van der Waals surface area contributed by atoms with Gasteiger partial charge in [-0.15, -0.1) is 0 Å². The van der Waals surface area contributed by atoms with Crippen LogP contribution in [0.1, 0.15) is 12.8 Å². The second-order valence-corrected chi connectivity index (χ2v) is 3.44. The van der Waals surface area contributed by atoms with Crippen molar-refractivity contribution in [1.29, 1.82) is 0 Å². The molecular formula is C7H8F5NO2. The molecule has 2 rings (SSSR count). The maximum absolute atomic E-state index is 12.2. The molecule has 88 valence electrons. The number of nitrogens with one attached hydrogen (secondary N) is 1. The summed E-state index contributed by atoms with van der Waals surface area (Å²) in [6.45, 7) is 0.773. The van der Waals surface area contributed by atoms with Gasteiger partial charge >= 0.3 is 12.1 Å². The highest BCUT2D eigenvalue weighted by Gasteiger charge is 2.73. The average Bonchev–Trinajstić information content (AvgIpc) is 2.52. The molecule has 3 nitrogen and oxygen atoms in total. The average molecular weight is 233 g/mol. The highest BCUT2D eigenvalue weighted by atomic mass is 19.4. The van der Waals surface area contributed by atoms with Gasteiger partial charge in [0, 0.05) is 6.42 Å². The van der Waals surface area contributed by atoms with E-state index in [1.807, 2.05) is 0 Å². The predicted octanol–water partition coefficient (Wildman–Crippen LogP) is 1.39. The number of alkyl halides is 5. The molecule has 2 aliphatic rings. The van der Waals surface area contributed by atoms with Crippen LogP contribution in [0.3, 0.4) is 0 Å². The number of halogens is 5. The Hall–Kier alpha value is -0.920. The Morgan fingerprint density at radius 3 is 1.67 bits per heavy atom. The Bertz CT molecular complexity index is 271. The zero-order chi connectivity index (χ0) is 11.9. The Morgan fingerprint density at radius 2 is 1.67 bits per heavy atom. The van der Waals surface area contributed by atoms with Crippen molar-refractivity contribution >= 4 is 5.97 Å². The van der Waals surface area contributed by atoms with E-state index in [1.165, 1.54) is 0 Å². The van der Waals surface area contributed by atoms with Crippen LogP contribution in [0.15, 0.2) is 0 Å². The van der Waals surface area contributed by atoms with E-state index < -0.39 is 23.6 Å². The molecular weight excluding hydrogens is 225 g/mol. The lowest BCUT2D eigenvalue weighted by Crippen LogP contribution is -2.49. The molecule has 1 saturated heterocycles. The Labute approximate surface area is 81.3 Å². The molecule has 1 atom stereocenters. The van der Waals surface area contributed by atoms with Gasteiger partial charge in [0.05, 0.1) is 5.54 Å². The third kappa shape index (κ3) is 2.36. The molecule has 0 aromatic carbocycles. The largest absolute Gasteiger partial charge is 0.490 e. The second kappa shape index (κ2) is 3.29. The first-order valence-electron chi connectivity index (χ1n) is 4.04. The summed E-state index contributed by atoms with van der Waals surface area (Å²) in [7, 11) is 0. The van der Waals surface area contributed by atoms with Crippen molar-refractivity contribution in [3.05, 3.63) is 0 Å².